The first-order valence-electron chi connectivity index (χ1n) is 13.6. The first-order chi connectivity index (χ1) is 22.8. The second-order valence-corrected chi connectivity index (χ2v) is 14.3. The Labute approximate surface area is 288 Å². The Balaban J connectivity index is 0.00000217. The minimum Gasteiger partial charge on any atom is -0.204 e. The third kappa shape index (κ3) is 6.81. The van der Waals surface area contributed by atoms with E-state index in [1.807, 2.05) is 0 Å². The maximum atomic E-state index is 15.6. The largest absolute Gasteiger partial charge is 0.259 e. The molecule has 0 spiro atoms. The van der Waals surface area contributed by atoms with Crippen LogP contribution >= 0.6 is 34.5 Å². The highest BCUT2D eigenvalue weighted by Crippen LogP contribution is 2.45. The molecule has 0 radical (unpaired) electrons. The lowest BCUT2D eigenvalue weighted by Gasteiger charge is -2.27. The second-order valence-electron chi connectivity index (χ2n) is 12.5. The van der Waals surface area contributed by atoms with Crippen LogP contribution in [0.1, 0.15) is 51.3 Å². The zero-order valence-corrected chi connectivity index (χ0v) is 28.4. The van der Waals surface area contributed by atoms with Crippen LogP contribution in [0.15, 0.2) is 0 Å². The second kappa shape index (κ2) is 14.5. The number of halogens is 17. The van der Waals surface area contributed by atoms with E-state index in [1.54, 1.807) is 0 Å². The van der Waals surface area contributed by atoms with Crippen molar-refractivity contribution in [3.05, 3.63) is 97.0 Å². The van der Waals surface area contributed by atoms with Gasteiger partial charge in [-0.3, -0.25) is 0 Å². The summed E-state index contributed by atoms with van der Waals surface area (Å²) in [6, 6.07) is 0. The van der Waals surface area contributed by atoms with Crippen LogP contribution in [-0.2, 0) is 10.8 Å². The average molecular weight is 791 g/mol. The normalized spacial score (nSPS) is 12.0. The molecule has 4 rings (SSSR count). The minimum absolute atomic E-state index is 0.194. The van der Waals surface area contributed by atoms with Gasteiger partial charge >= 0.3 is 0 Å². The zero-order chi connectivity index (χ0) is 38.7. The van der Waals surface area contributed by atoms with Gasteiger partial charge in [-0.1, -0.05) is 41.5 Å². The fourth-order valence-electron chi connectivity index (χ4n) is 5.06. The molecule has 0 nitrogen and oxygen atoms in total. The van der Waals surface area contributed by atoms with Gasteiger partial charge < -0.3 is 0 Å². The predicted octanol–water partition coefficient (Wildman–Crippen LogP) is 10.0. The Morgan fingerprint density at radius 2 is 0.620 bits per heavy atom. The van der Waals surface area contributed by atoms with E-state index in [-0.39, 0.29) is 5.34 Å². The van der Waals surface area contributed by atoms with E-state index in [1.165, 1.54) is 41.5 Å². The molecule has 0 aliphatic carbocycles. The standard InChI is InChI=1S/C30H18BF15S.CH2Cl2/c1-29(2,3)27-7(8-12(32)18(38)24(44)19(39)13(8)33)9(28(47-27)30(4,5)6)31(10-14(34)20(40)25(45)21(41)15(10)35)11-16(36)22(42)26(46)23(43)17(11)37;2-1-3/h1-6H3;1H2. The van der Waals surface area contributed by atoms with Crippen molar-refractivity contribution in [1.82, 2.24) is 0 Å². The zero-order valence-electron chi connectivity index (χ0n) is 26.1. The van der Waals surface area contributed by atoms with Gasteiger partial charge in [-0.05, 0) is 21.9 Å². The van der Waals surface area contributed by atoms with Gasteiger partial charge in [0.2, 0.25) is 5.82 Å². The van der Waals surface area contributed by atoms with Crippen LogP contribution in [0.3, 0.4) is 0 Å². The Hall–Kier alpha value is -3.05. The number of rotatable bonds is 4. The molecule has 0 saturated heterocycles. The van der Waals surface area contributed by atoms with Crippen LogP contribution in [0, 0.1) is 87.3 Å². The van der Waals surface area contributed by atoms with Crippen molar-refractivity contribution in [3.63, 3.8) is 0 Å². The molecule has 19 heteroatoms. The van der Waals surface area contributed by atoms with Crippen LogP contribution in [0.2, 0.25) is 0 Å². The molecular weight excluding hydrogens is 771 g/mol. The lowest BCUT2D eigenvalue weighted by molar-refractivity contribution is 0.381. The highest BCUT2D eigenvalue weighted by Gasteiger charge is 2.47. The van der Waals surface area contributed by atoms with E-state index >= 15 is 26.3 Å². The van der Waals surface area contributed by atoms with Gasteiger partial charge in [0, 0.05) is 20.7 Å². The third-order valence-electron chi connectivity index (χ3n) is 7.12. The van der Waals surface area contributed by atoms with Crippen LogP contribution in [0.25, 0.3) is 11.1 Å². The summed E-state index contributed by atoms with van der Waals surface area (Å²) in [6.07, 6.45) is 0. The maximum Gasteiger partial charge on any atom is 0.259 e. The fraction of sp³-hybridized carbons (Fsp3) is 0.290. The third-order valence-corrected chi connectivity index (χ3v) is 9.18. The summed E-state index contributed by atoms with van der Waals surface area (Å²) in [5, 5.41) is 0.194. The highest BCUT2D eigenvalue weighted by atomic mass is 35.5. The summed E-state index contributed by atoms with van der Waals surface area (Å²) in [5.74, 6) is -41.1. The topological polar surface area (TPSA) is 0 Å². The summed E-state index contributed by atoms with van der Waals surface area (Å²) in [7, 11) is 0. The summed E-state index contributed by atoms with van der Waals surface area (Å²) >= 11 is 9.94. The molecule has 0 amide bonds. The highest BCUT2D eigenvalue weighted by molar-refractivity contribution is 7.16. The molecule has 1 aromatic heterocycles. The molecule has 50 heavy (non-hydrogen) atoms. The first kappa shape index (κ1) is 41.4. The van der Waals surface area contributed by atoms with Crippen LogP contribution < -0.4 is 16.4 Å². The van der Waals surface area contributed by atoms with Crippen LogP contribution in [0.5, 0.6) is 0 Å². The summed E-state index contributed by atoms with van der Waals surface area (Å²) in [4.78, 5) is -0.919. The molecule has 0 saturated carbocycles. The molecule has 0 aliphatic rings. The van der Waals surface area contributed by atoms with Crippen molar-refractivity contribution in [3.8, 4) is 11.1 Å². The Kier molecular flexibility index (Phi) is 12.0. The van der Waals surface area contributed by atoms with E-state index in [0.717, 1.165) is 0 Å². The molecule has 0 atom stereocenters. The first-order valence-corrected chi connectivity index (χ1v) is 15.5. The van der Waals surface area contributed by atoms with Crippen LogP contribution in [0.4, 0.5) is 65.9 Å². The molecule has 0 unspecified atom stereocenters. The number of thiophene rings is 1. The monoisotopic (exact) mass is 790 g/mol. The van der Waals surface area contributed by atoms with Gasteiger partial charge in [0.25, 0.3) is 6.71 Å². The van der Waals surface area contributed by atoms with Gasteiger partial charge in [-0.25, -0.2) is 65.9 Å². The van der Waals surface area contributed by atoms with Gasteiger partial charge in [0.1, 0.15) is 0 Å². The molecule has 0 bridgehead atoms. The lowest BCUT2D eigenvalue weighted by Crippen LogP contribution is -2.60. The SMILES string of the molecule is CC(C)(C)c1sc(C(C)(C)C)c(-c2c(F)c(F)c(F)c(F)c2F)c1B(c1c(F)c(F)c(F)c(F)c1F)c1c(F)c(F)c(F)c(F)c1F.ClCCl. The Morgan fingerprint density at radius 1 is 0.380 bits per heavy atom. The average Bonchev–Trinajstić information content (AvgIpc) is 3.44. The lowest BCUT2D eigenvalue weighted by atomic mass is 9.34. The van der Waals surface area contributed by atoms with Gasteiger partial charge in [-0.15, -0.1) is 34.5 Å². The molecular formula is C31H20BCl2F15S. The fourth-order valence-corrected chi connectivity index (χ4v) is 6.52. The van der Waals surface area contributed by atoms with Crippen LogP contribution in [-0.4, -0.2) is 12.1 Å². The van der Waals surface area contributed by atoms with E-state index < -0.39 is 142 Å². The van der Waals surface area contributed by atoms with Crippen molar-refractivity contribution < 1.29 is 65.9 Å². The molecule has 4 aromatic rings. The quantitative estimate of drug-likeness (QED) is 0.0635. The van der Waals surface area contributed by atoms with E-state index in [9.17, 15) is 39.5 Å². The van der Waals surface area contributed by atoms with Crippen molar-refractivity contribution in [1.29, 1.82) is 0 Å². The molecule has 0 fully saturated rings. The number of benzene rings is 3. The summed E-state index contributed by atoms with van der Waals surface area (Å²) in [5.41, 5.74) is -11.9. The van der Waals surface area contributed by atoms with Crippen molar-refractivity contribution in [2.24, 2.45) is 0 Å². The van der Waals surface area contributed by atoms with Gasteiger partial charge in [0.15, 0.2) is 81.4 Å². The molecule has 3 aromatic carbocycles. The maximum absolute atomic E-state index is 15.6. The summed E-state index contributed by atoms with van der Waals surface area (Å²) in [6.45, 7) is 4.28. The number of hydrogen-bond acceptors (Lipinski definition) is 1. The van der Waals surface area contributed by atoms with Gasteiger partial charge in [-0.2, -0.15) is 0 Å². The van der Waals surface area contributed by atoms with Crippen molar-refractivity contribution in [2.75, 3.05) is 5.34 Å². The molecule has 0 N–H and O–H groups in total. The molecule has 0 aliphatic heterocycles. The van der Waals surface area contributed by atoms with Crippen molar-refractivity contribution in [2.45, 2.75) is 52.4 Å². The number of alkyl halides is 2. The van der Waals surface area contributed by atoms with Gasteiger partial charge in [0.05, 0.1) is 10.9 Å². The smallest absolute Gasteiger partial charge is 0.204 e. The number of hydrogen-bond donors (Lipinski definition) is 0. The van der Waals surface area contributed by atoms with E-state index in [4.69, 9.17) is 23.2 Å². The van der Waals surface area contributed by atoms with Crippen molar-refractivity contribution >= 4 is 57.6 Å². The van der Waals surface area contributed by atoms with E-state index in [0.29, 0.717) is 11.3 Å². The minimum atomic E-state index is -3.35. The van der Waals surface area contributed by atoms with E-state index in [2.05, 4.69) is 0 Å². The predicted molar refractivity (Wildman–Crippen MR) is 161 cm³/mol. The Bertz CT molecular complexity index is 1840. The molecule has 1 heterocycles. The molecule has 272 valence electrons. The Morgan fingerprint density at radius 3 is 0.880 bits per heavy atom. The summed E-state index contributed by atoms with van der Waals surface area (Å²) < 4.78 is 224.